The van der Waals surface area contributed by atoms with Crippen LogP contribution in [0.1, 0.15) is 12.8 Å². The smallest absolute Gasteiger partial charge is 0.234 e. The lowest BCUT2D eigenvalue weighted by atomic mass is 9.86. The highest BCUT2D eigenvalue weighted by Crippen LogP contribution is 2.40. The lowest BCUT2D eigenvalue weighted by Crippen LogP contribution is -2.36. The van der Waals surface area contributed by atoms with Gasteiger partial charge < -0.3 is 10.2 Å². The monoisotopic (exact) mass is 351 g/mol. The molecule has 0 bridgehead atoms. The van der Waals surface area contributed by atoms with Crippen LogP contribution in [0.5, 0.6) is 0 Å². The third-order valence-corrected chi connectivity index (χ3v) is 5.58. The Morgan fingerprint density at radius 3 is 2.88 bits per heavy atom. The molecule has 7 heteroatoms. The summed E-state index contributed by atoms with van der Waals surface area (Å²) in [5, 5.41) is 11.5. The van der Waals surface area contributed by atoms with Crippen LogP contribution in [-0.4, -0.2) is 40.7 Å². The Kier molecular flexibility index (Phi) is 3.33. The number of H-pyrrole nitrogens is 1. The maximum absolute atomic E-state index is 13.2. The van der Waals surface area contributed by atoms with Crippen molar-refractivity contribution >= 4 is 22.5 Å². The molecule has 1 aromatic carbocycles. The predicted molar refractivity (Wildman–Crippen MR) is 96.2 cm³/mol. The fourth-order valence-corrected chi connectivity index (χ4v) is 4.09. The molecule has 2 saturated heterocycles. The quantitative estimate of drug-likeness (QED) is 0.744. The van der Waals surface area contributed by atoms with Crippen LogP contribution in [0.4, 0.5) is 10.1 Å². The van der Waals surface area contributed by atoms with Gasteiger partial charge in [0.15, 0.2) is 0 Å². The maximum atomic E-state index is 13.2. The standard InChI is InChI=1S/C19H18FN5O/c20-12-1-3-16(22-10-12)17-14-9-13(2-4-15(14)23-24-17)25-8-6-19(18(25)26)5-7-21-11-19/h1-4,9-10,21H,5-8,11H2,(H,23,24). The molecule has 0 saturated carbocycles. The molecule has 1 unspecified atom stereocenters. The zero-order valence-corrected chi connectivity index (χ0v) is 14.1. The van der Waals surface area contributed by atoms with Crippen molar-refractivity contribution in [1.29, 1.82) is 0 Å². The summed E-state index contributed by atoms with van der Waals surface area (Å²) in [5.41, 5.74) is 2.74. The lowest BCUT2D eigenvalue weighted by Gasteiger charge is -2.22. The fourth-order valence-electron chi connectivity index (χ4n) is 4.09. The molecule has 0 aliphatic carbocycles. The van der Waals surface area contributed by atoms with Crippen molar-refractivity contribution in [1.82, 2.24) is 20.5 Å². The van der Waals surface area contributed by atoms with E-state index in [9.17, 15) is 9.18 Å². The van der Waals surface area contributed by atoms with Gasteiger partial charge in [0.2, 0.25) is 5.91 Å². The molecule has 1 atom stereocenters. The van der Waals surface area contributed by atoms with Crippen LogP contribution in [0.2, 0.25) is 0 Å². The van der Waals surface area contributed by atoms with E-state index in [-0.39, 0.29) is 17.1 Å². The molecule has 3 aromatic rings. The van der Waals surface area contributed by atoms with E-state index in [1.807, 2.05) is 23.1 Å². The zero-order valence-electron chi connectivity index (χ0n) is 14.1. The highest BCUT2D eigenvalue weighted by atomic mass is 19.1. The van der Waals surface area contributed by atoms with Crippen LogP contribution in [0.15, 0.2) is 36.5 Å². The molecule has 2 N–H and O–H groups in total. The number of fused-ring (bicyclic) bond motifs is 1. The lowest BCUT2D eigenvalue weighted by molar-refractivity contribution is -0.124. The number of aromatic nitrogens is 3. The van der Waals surface area contributed by atoms with Crippen molar-refractivity contribution in [3.63, 3.8) is 0 Å². The van der Waals surface area contributed by atoms with Gasteiger partial charge in [0.05, 0.1) is 22.8 Å². The predicted octanol–water partition coefficient (Wildman–Crippen LogP) is 2.48. The second-order valence-electron chi connectivity index (χ2n) is 7.08. The van der Waals surface area contributed by atoms with E-state index >= 15 is 0 Å². The van der Waals surface area contributed by atoms with E-state index < -0.39 is 0 Å². The third kappa shape index (κ3) is 2.24. The summed E-state index contributed by atoms with van der Waals surface area (Å²) in [6, 6.07) is 8.82. The first-order valence-corrected chi connectivity index (χ1v) is 8.79. The van der Waals surface area contributed by atoms with E-state index in [0.29, 0.717) is 11.4 Å². The van der Waals surface area contributed by atoms with Crippen molar-refractivity contribution < 1.29 is 9.18 Å². The van der Waals surface area contributed by atoms with Gasteiger partial charge in [-0.3, -0.25) is 14.9 Å². The van der Waals surface area contributed by atoms with Crippen LogP contribution in [0, 0.1) is 11.2 Å². The Morgan fingerprint density at radius 2 is 2.12 bits per heavy atom. The second kappa shape index (κ2) is 5.60. The zero-order chi connectivity index (χ0) is 17.7. The van der Waals surface area contributed by atoms with Gasteiger partial charge in [-0.15, -0.1) is 0 Å². The molecule has 2 aliphatic heterocycles. The number of carbonyl (C=O) groups is 1. The number of nitrogens with one attached hydrogen (secondary N) is 2. The summed E-state index contributed by atoms with van der Waals surface area (Å²) in [6.07, 6.45) is 2.97. The number of hydrogen-bond acceptors (Lipinski definition) is 4. The number of benzene rings is 1. The number of halogens is 1. The van der Waals surface area contributed by atoms with Gasteiger partial charge in [-0.25, -0.2) is 4.39 Å². The van der Waals surface area contributed by atoms with Gasteiger partial charge >= 0.3 is 0 Å². The Morgan fingerprint density at radius 1 is 1.19 bits per heavy atom. The van der Waals surface area contributed by atoms with Gasteiger partial charge in [0.1, 0.15) is 11.5 Å². The highest BCUT2D eigenvalue weighted by molar-refractivity contribution is 6.03. The van der Waals surface area contributed by atoms with Crippen LogP contribution >= 0.6 is 0 Å². The molecule has 2 aromatic heterocycles. The maximum Gasteiger partial charge on any atom is 0.234 e. The molecule has 6 nitrogen and oxygen atoms in total. The molecule has 2 fully saturated rings. The molecule has 5 rings (SSSR count). The van der Waals surface area contributed by atoms with Crippen molar-refractivity contribution in [2.24, 2.45) is 5.41 Å². The average molecular weight is 351 g/mol. The van der Waals surface area contributed by atoms with Gasteiger partial charge in [-0.1, -0.05) is 0 Å². The molecular weight excluding hydrogens is 333 g/mol. The number of aromatic amines is 1. The first kappa shape index (κ1) is 15.5. The highest BCUT2D eigenvalue weighted by Gasteiger charge is 2.48. The number of rotatable bonds is 2. The topological polar surface area (TPSA) is 73.9 Å². The first-order valence-electron chi connectivity index (χ1n) is 8.79. The molecular formula is C19H18FN5O. The Labute approximate surface area is 149 Å². The molecule has 1 spiro atoms. The van der Waals surface area contributed by atoms with Gasteiger partial charge in [-0.05, 0) is 49.7 Å². The van der Waals surface area contributed by atoms with E-state index in [0.717, 1.165) is 49.1 Å². The molecule has 2 aliphatic rings. The van der Waals surface area contributed by atoms with Gasteiger partial charge in [0, 0.05) is 24.2 Å². The minimum absolute atomic E-state index is 0.201. The minimum atomic E-state index is -0.382. The summed E-state index contributed by atoms with van der Waals surface area (Å²) in [4.78, 5) is 19.0. The van der Waals surface area contributed by atoms with E-state index in [2.05, 4.69) is 20.5 Å². The van der Waals surface area contributed by atoms with Crippen LogP contribution in [0.25, 0.3) is 22.3 Å². The van der Waals surface area contributed by atoms with E-state index in [4.69, 9.17) is 0 Å². The number of amides is 1. The summed E-state index contributed by atoms with van der Waals surface area (Å²) in [5.74, 6) is -0.181. The summed E-state index contributed by atoms with van der Waals surface area (Å²) in [6.45, 7) is 2.40. The van der Waals surface area contributed by atoms with Crippen molar-refractivity contribution in [3.05, 3.63) is 42.3 Å². The molecule has 1 amide bonds. The largest absolute Gasteiger partial charge is 0.316 e. The Balaban J connectivity index is 1.55. The molecule has 4 heterocycles. The third-order valence-electron chi connectivity index (χ3n) is 5.58. The molecule has 0 radical (unpaired) electrons. The van der Waals surface area contributed by atoms with E-state index in [1.54, 1.807) is 6.07 Å². The number of anilines is 1. The van der Waals surface area contributed by atoms with Crippen molar-refractivity contribution in [2.75, 3.05) is 24.5 Å². The Bertz CT molecular complexity index is 991. The van der Waals surface area contributed by atoms with E-state index in [1.165, 1.54) is 12.3 Å². The average Bonchev–Trinajstić information content (AvgIpc) is 3.37. The van der Waals surface area contributed by atoms with Crippen LogP contribution < -0.4 is 10.2 Å². The number of pyridine rings is 1. The first-order chi connectivity index (χ1) is 12.7. The number of carbonyl (C=O) groups excluding carboxylic acids is 1. The van der Waals surface area contributed by atoms with Crippen LogP contribution in [0.3, 0.4) is 0 Å². The number of hydrogen-bond donors (Lipinski definition) is 2. The van der Waals surface area contributed by atoms with Crippen molar-refractivity contribution in [3.8, 4) is 11.4 Å². The second-order valence-corrected chi connectivity index (χ2v) is 7.08. The SMILES string of the molecule is O=C1N(c2ccc3[nH]nc(-c4ccc(F)cn4)c3c2)CCC12CCNC2. The van der Waals surface area contributed by atoms with Gasteiger partial charge in [-0.2, -0.15) is 5.10 Å². The summed E-state index contributed by atoms with van der Waals surface area (Å²) >= 11 is 0. The minimum Gasteiger partial charge on any atom is -0.316 e. The number of nitrogens with zero attached hydrogens (tertiary/aromatic N) is 3. The summed E-state index contributed by atoms with van der Waals surface area (Å²) < 4.78 is 13.2. The molecule has 26 heavy (non-hydrogen) atoms. The fraction of sp³-hybridized carbons (Fsp3) is 0.316. The van der Waals surface area contributed by atoms with Crippen LogP contribution in [-0.2, 0) is 4.79 Å². The molecule has 132 valence electrons. The normalized spacial score (nSPS) is 22.8. The van der Waals surface area contributed by atoms with Crippen molar-refractivity contribution in [2.45, 2.75) is 12.8 Å². The van der Waals surface area contributed by atoms with Gasteiger partial charge in [0.25, 0.3) is 0 Å². The Hall–Kier alpha value is -2.80. The summed E-state index contributed by atoms with van der Waals surface area (Å²) in [7, 11) is 0.